The Labute approximate surface area is 99.1 Å². The Morgan fingerprint density at radius 3 is 2.35 bits per heavy atom. The van der Waals surface area contributed by atoms with Gasteiger partial charge in [-0.05, 0) is 35.2 Å². The van der Waals surface area contributed by atoms with Crippen LogP contribution in [0.2, 0.25) is 0 Å². The number of hydrogen-bond acceptors (Lipinski definition) is 2. The van der Waals surface area contributed by atoms with Gasteiger partial charge in [0, 0.05) is 0 Å². The minimum absolute atomic E-state index is 0.391. The maximum absolute atomic E-state index is 13.0. The summed E-state index contributed by atoms with van der Waals surface area (Å²) in [5.74, 6) is -0.391. The molecule has 1 N–H and O–H groups in total. The Kier molecular flexibility index (Phi) is 3.22. The highest BCUT2D eigenvalue weighted by Gasteiger charge is 2.17. The summed E-state index contributed by atoms with van der Waals surface area (Å²) in [5, 5.41) is 18.8. The maximum atomic E-state index is 13.0. The molecule has 4 heteroatoms. The molecule has 0 aliphatic carbocycles. The zero-order chi connectivity index (χ0) is 12.3. The summed E-state index contributed by atoms with van der Waals surface area (Å²) in [6.07, 6.45) is 0. The van der Waals surface area contributed by atoms with E-state index in [4.69, 9.17) is 5.26 Å². The first-order chi connectivity index (χ1) is 8.20. The van der Waals surface area contributed by atoms with E-state index in [9.17, 15) is 9.41 Å². The summed E-state index contributed by atoms with van der Waals surface area (Å²) in [6.45, 7) is -0.918. The monoisotopic (exact) mass is 225 g/mol. The predicted molar refractivity (Wildman–Crippen MR) is 64.8 cm³/mol. The third-order valence-electron chi connectivity index (χ3n) is 2.50. The van der Waals surface area contributed by atoms with E-state index in [1.165, 1.54) is 12.1 Å². The molecule has 2 rings (SSSR count). The lowest BCUT2D eigenvalue weighted by Gasteiger charge is -2.07. The standard InChI is InChI=1S/C13H9BFNO/c15-13-6-2-5-12(8-13)14(17)11-4-1-3-10(7-11)9-16/h1-8,17H. The highest BCUT2D eigenvalue weighted by atomic mass is 19.1. The van der Waals surface area contributed by atoms with Gasteiger partial charge in [0.1, 0.15) is 5.82 Å². The van der Waals surface area contributed by atoms with Crippen molar-refractivity contribution in [3.63, 3.8) is 0 Å². The van der Waals surface area contributed by atoms with Crippen LogP contribution in [0.1, 0.15) is 5.56 Å². The molecule has 0 radical (unpaired) electrons. The van der Waals surface area contributed by atoms with E-state index in [0.29, 0.717) is 16.5 Å². The lowest BCUT2D eigenvalue weighted by Crippen LogP contribution is -2.42. The van der Waals surface area contributed by atoms with E-state index in [1.54, 1.807) is 36.4 Å². The second kappa shape index (κ2) is 4.81. The summed E-state index contributed by atoms with van der Waals surface area (Å²) in [6, 6.07) is 14.4. The number of nitriles is 1. The summed E-state index contributed by atoms with van der Waals surface area (Å²) >= 11 is 0. The molecule has 0 aliphatic rings. The third-order valence-corrected chi connectivity index (χ3v) is 2.50. The van der Waals surface area contributed by atoms with Gasteiger partial charge in [-0.1, -0.05) is 24.3 Å². The van der Waals surface area contributed by atoms with E-state index in [-0.39, 0.29) is 0 Å². The summed E-state index contributed by atoms with van der Waals surface area (Å²) in [5.41, 5.74) is 1.52. The lowest BCUT2D eigenvalue weighted by molar-refractivity contribution is 0.597. The molecule has 2 aromatic rings. The molecule has 17 heavy (non-hydrogen) atoms. The minimum atomic E-state index is -0.918. The number of rotatable bonds is 2. The van der Waals surface area contributed by atoms with Gasteiger partial charge in [-0.2, -0.15) is 5.26 Å². The van der Waals surface area contributed by atoms with Crippen LogP contribution >= 0.6 is 0 Å². The Morgan fingerprint density at radius 1 is 1.06 bits per heavy atom. The number of halogens is 1. The fourth-order valence-electron chi connectivity index (χ4n) is 1.65. The van der Waals surface area contributed by atoms with Gasteiger partial charge in [-0.3, -0.25) is 0 Å². The molecule has 0 unspecified atom stereocenters. The average Bonchev–Trinajstić information content (AvgIpc) is 2.38. The molecule has 82 valence electrons. The molecule has 0 fully saturated rings. The van der Waals surface area contributed by atoms with Crippen LogP contribution in [-0.4, -0.2) is 11.9 Å². The van der Waals surface area contributed by atoms with E-state index in [2.05, 4.69) is 0 Å². The SMILES string of the molecule is N#Cc1cccc(B(O)c2cccc(F)c2)c1. The molecule has 0 atom stereocenters. The molecule has 0 heterocycles. The predicted octanol–water partition coefficient (Wildman–Crippen LogP) is 0.795. The van der Waals surface area contributed by atoms with Gasteiger partial charge in [0.05, 0.1) is 11.6 Å². The number of benzene rings is 2. The van der Waals surface area contributed by atoms with E-state index in [0.717, 1.165) is 0 Å². The van der Waals surface area contributed by atoms with Crippen LogP contribution in [0.15, 0.2) is 48.5 Å². The zero-order valence-corrected chi connectivity index (χ0v) is 8.97. The highest BCUT2D eigenvalue weighted by Crippen LogP contribution is 1.97. The Hall–Kier alpha value is -2.12. The van der Waals surface area contributed by atoms with Crippen LogP contribution < -0.4 is 10.9 Å². The molecule has 0 saturated carbocycles. The quantitative estimate of drug-likeness (QED) is 0.768. The van der Waals surface area contributed by atoms with E-state index < -0.39 is 12.7 Å². The van der Waals surface area contributed by atoms with Crippen molar-refractivity contribution in [3.05, 3.63) is 59.9 Å². The molecule has 2 aromatic carbocycles. The Morgan fingerprint density at radius 2 is 1.71 bits per heavy atom. The van der Waals surface area contributed by atoms with Crippen molar-refractivity contribution in [1.29, 1.82) is 5.26 Å². The first kappa shape index (κ1) is 11.4. The van der Waals surface area contributed by atoms with Crippen molar-refractivity contribution in [3.8, 4) is 6.07 Å². The molecule has 0 saturated heterocycles. The second-order valence-corrected chi connectivity index (χ2v) is 3.69. The fraction of sp³-hybridized carbons (Fsp3) is 0. The third kappa shape index (κ3) is 2.52. The highest BCUT2D eigenvalue weighted by molar-refractivity contribution is 6.78. The molecular weight excluding hydrogens is 216 g/mol. The first-order valence-electron chi connectivity index (χ1n) is 5.14. The second-order valence-electron chi connectivity index (χ2n) is 3.69. The van der Waals surface area contributed by atoms with Gasteiger partial charge in [0.2, 0.25) is 0 Å². The Bertz CT molecular complexity index is 580. The fourth-order valence-corrected chi connectivity index (χ4v) is 1.65. The van der Waals surface area contributed by atoms with Gasteiger partial charge < -0.3 is 5.02 Å². The molecule has 0 spiro atoms. The van der Waals surface area contributed by atoms with Crippen LogP contribution in [0.4, 0.5) is 4.39 Å². The lowest BCUT2D eigenvalue weighted by atomic mass is 9.56. The van der Waals surface area contributed by atoms with Gasteiger partial charge >= 0.3 is 6.92 Å². The van der Waals surface area contributed by atoms with Gasteiger partial charge in [0.15, 0.2) is 0 Å². The first-order valence-corrected chi connectivity index (χ1v) is 5.14. The molecular formula is C13H9BFNO. The zero-order valence-electron chi connectivity index (χ0n) is 8.97. The molecule has 0 amide bonds. The maximum Gasteiger partial charge on any atom is 0.359 e. The molecule has 2 nitrogen and oxygen atoms in total. The molecule has 0 aliphatic heterocycles. The van der Waals surface area contributed by atoms with E-state index >= 15 is 0 Å². The van der Waals surface area contributed by atoms with Crippen molar-refractivity contribution in [1.82, 2.24) is 0 Å². The summed E-state index contributed by atoms with van der Waals surface area (Å²) < 4.78 is 13.0. The number of hydrogen-bond donors (Lipinski definition) is 1. The van der Waals surface area contributed by atoms with Crippen molar-refractivity contribution < 1.29 is 9.41 Å². The van der Waals surface area contributed by atoms with Crippen molar-refractivity contribution in [2.45, 2.75) is 0 Å². The van der Waals surface area contributed by atoms with Crippen LogP contribution in [-0.2, 0) is 0 Å². The molecule has 0 bridgehead atoms. The minimum Gasteiger partial charge on any atom is -0.443 e. The van der Waals surface area contributed by atoms with Gasteiger partial charge in [-0.15, -0.1) is 0 Å². The normalized spacial score (nSPS) is 9.71. The molecule has 0 aromatic heterocycles. The van der Waals surface area contributed by atoms with Gasteiger partial charge in [0.25, 0.3) is 0 Å². The van der Waals surface area contributed by atoms with Crippen LogP contribution in [0.5, 0.6) is 0 Å². The largest absolute Gasteiger partial charge is 0.443 e. The summed E-state index contributed by atoms with van der Waals surface area (Å²) in [4.78, 5) is 0. The van der Waals surface area contributed by atoms with Crippen LogP contribution in [0.25, 0.3) is 0 Å². The van der Waals surface area contributed by atoms with E-state index in [1.807, 2.05) is 6.07 Å². The van der Waals surface area contributed by atoms with Crippen LogP contribution in [0.3, 0.4) is 0 Å². The Balaban J connectivity index is 2.37. The van der Waals surface area contributed by atoms with Crippen LogP contribution in [0, 0.1) is 17.1 Å². The average molecular weight is 225 g/mol. The van der Waals surface area contributed by atoms with Gasteiger partial charge in [-0.25, -0.2) is 4.39 Å². The number of nitrogens with zero attached hydrogens (tertiary/aromatic N) is 1. The van der Waals surface area contributed by atoms with Crippen molar-refractivity contribution in [2.75, 3.05) is 0 Å². The van der Waals surface area contributed by atoms with Crippen molar-refractivity contribution >= 4 is 17.8 Å². The summed E-state index contributed by atoms with van der Waals surface area (Å²) in [7, 11) is 0. The smallest absolute Gasteiger partial charge is 0.359 e. The van der Waals surface area contributed by atoms with Crippen molar-refractivity contribution in [2.24, 2.45) is 0 Å². The topological polar surface area (TPSA) is 44.0 Å².